The molecule has 0 aromatic carbocycles. The molecule has 1 spiro atoms. The summed E-state index contributed by atoms with van der Waals surface area (Å²) in [5.74, 6) is 6.72. The molecule has 9 aliphatic rings. The van der Waals surface area contributed by atoms with Gasteiger partial charge in [-0.2, -0.15) is 0 Å². The average Bonchev–Trinajstić information content (AvgIpc) is 3.30. The summed E-state index contributed by atoms with van der Waals surface area (Å²) in [7, 11) is 0. The third-order valence-electron chi connectivity index (χ3n) is 14.0. The minimum atomic E-state index is -0.227. The van der Waals surface area contributed by atoms with Crippen LogP contribution in [0.4, 0.5) is 4.79 Å². The number of carbonyl (C=O) groups excluding carboxylic acids is 2. The second-order valence-corrected chi connectivity index (χ2v) is 15.4. The van der Waals surface area contributed by atoms with Crippen molar-refractivity contribution in [2.75, 3.05) is 6.54 Å². The SMILES string of the molecule is C[C@]12CC[C@@]3(C[C@@H]1CC[C@@H]1[C@@H]2CC[C@]2(C)C(=O)CC[C@@H]12)CN(C1C2CC4CC(C2)CC1C4)C(=O)O3. The maximum atomic E-state index is 13.4. The number of carbonyl (C=O) groups is 2. The van der Waals surface area contributed by atoms with E-state index in [-0.39, 0.29) is 17.1 Å². The molecule has 1 amide bonds. The Labute approximate surface area is 211 Å². The number of ether oxygens (including phenoxy) is 1. The van der Waals surface area contributed by atoms with E-state index in [1.54, 1.807) is 0 Å². The molecule has 0 aromatic heterocycles. The summed E-state index contributed by atoms with van der Waals surface area (Å²) in [5.41, 5.74) is 0.110. The van der Waals surface area contributed by atoms with Gasteiger partial charge in [-0.15, -0.1) is 0 Å². The quantitative estimate of drug-likeness (QED) is 0.425. The Bertz CT molecular complexity index is 933. The molecule has 1 heterocycles. The number of nitrogens with zero attached hydrogens (tertiary/aromatic N) is 1. The minimum absolute atomic E-state index is 0.0256. The highest BCUT2D eigenvalue weighted by molar-refractivity contribution is 5.87. The standard InChI is InChI=1S/C31H45NO3/c1-29-9-10-31(16-22(29)3-4-23-24-5-6-26(33)30(24,2)8-7-25(23)29)17-32(28(34)35-31)27-20-12-18-11-19(14-20)15-21(27)13-18/h18-25,27H,3-17H2,1-2H3/t18?,19?,20?,21?,22-,23-,24-,25-,27?,29-,30-,31+/m0/s1. The van der Waals surface area contributed by atoms with E-state index >= 15 is 0 Å². The molecule has 9 rings (SSSR count). The van der Waals surface area contributed by atoms with Crippen molar-refractivity contribution < 1.29 is 14.3 Å². The predicted molar refractivity (Wildman–Crippen MR) is 133 cm³/mol. The number of Topliss-reactive ketones (excluding diaryl/α,β-unsaturated/α-hetero) is 1. The zero-order valence-corrected chi connectivity index (χ0v) is 22.0. The summed E-state index contributed by atoms with van der Waals surface area (Å²) in [6.45, 7) is 5.76. The van der Waals surface area contributed by atoms with Gasteiger partial charge in [0.05, 0.1) is 6.54 Å². The number of rotatable bonds is 1. The summed E-state index contributed by atoms with van der Waals surface area (Å²) in [4.78, 5) is 28.4. The van der Waals surface area contributed by atoms with E-state index in [1.807, 2.05) is 0 Å². The molecule has 0 unspecified atom stereocenters. The molecular weight excluding hydrogens is 434 g/mol. The van der Waals surface area contributed by atoms with Crippen molar-refractivity contribution in [3.05, 3.63) is 0 Å². The molecule has 1 aliphatic heterocycles. The molecule has 192 valence electrons. The van der Waals surface area contributed by atoms with Gasteiger partial charge in [-0.05, 0) is 136 Å². The monoisotopic (exact) mass is 479 g/mol. The van der Waals surface area contributed by atoms with E-state index in [9.17, 15) is 9.59 Å². The van der Waals surface area contributed by atoms with Gasteiger partial charge in [-0.3, -0.25) is 4.79 Å². The molecule has 8 saturated carbocycles. The van der Waals surface area contributed by atoms with Crippen LogP contribution in [0, 0.1) is 58.2 Å². The van der Waals surface area contributed by atoms with E-state index in [2.05, 4.69) is 18.7 Å². The predicted octanol–water partition coefficient (Wildman–Crippen LogP) is 6.61. The Balaban J connectivity index is 1.02. The smallest absolute Gasteiger partial charge is 0.410 e. The fraction of sp³-hybridized carbons (Fsp3) is 0.935. The van der Waals surface area contributed by atoms with Crippen LogP contribution in [0.5, 0.6) is 0 Å². The molecule has 0 N–H and O–H groups in total. The Hall–Kier alpha value is -1.06. The average molecular weight is 480 g/mol. The Morgan fingerprint density at radius 3 is 2.31 bits per heavy atom. The van der Waals surface area contributed by atoms with Crippen molar-refractivity contribution in [3.8, 4) is 0 Å². The maximum absolute atomic E-state index is 13.4. The minimum Gasteiger partial charge on any atom is -0.441 e. The van der Waals surface area contributed by atoms with Gasteiger partial charge in [0.2, 0.25) is 0 Å². The van der Waals surface area contributed by atoms with Gasteiger partial charge in [-0.25, -0.2) is 4.79 Å². The highest BCUT2D eigenvalue weighted by Crippen LogP contribution is 2.67. The van der Waals surface area contributed by atoms with Crippen LogP contribution in [-0.4, -0.2) is 35.0 Å². The van der Waals surface area contributed by atoms with Gasteiger partial charge in [0.15, 0.2) is 0 Å². The fourth-order valence-electron chi connectivity index (χ4n) is 12.6. The van der Waals surface area contributed by atoms with Gasteiger partial charge in [-0.1, -0.05) is 13.8 Å². The zero-order chi connectivity index (χ0) is 23.7. The molecule has 0 aromatic rings. The van der Waals surface area contributed by atoms with Crippen LogP contribution in [0.2, 0.25) is 0 Å². The summed E-state index contributed by atoms with van der Waals surface area (Å²) in [6.07, 6.45) is 17.2. The number of ketones is 1. The third kappa shape index (κ3) is 2.86. The van der Waals surface area contributed by atoms with Crippen LogP contribution in [0.25, 0.3) is 0 Å². The Kier molecular flexibility index (Phi) is 4.44. The lowest BCUT2D eigenvalue weighted by atomic mass is 9.44. The molecule has 8 aliphatic carbocycles. The summed E-state index contributed by atoms with van der Waals surface area (Å²) >= 11 is 0. The van der Waals surface area contributed by atoms with Crippen LogP contribution < -0.4 is 0 Å². The number of fused-ring (bicyclic) bond motifs is 5. The van der Waals surface area contributed by atoms with Crippen LogP contribution in [0.1, 0.15) is 104 Å². The Morgan fingerprint density at radius 2 is 1.57 bits per heavy atom. The first kappa shape index (κ1) is 22.0. The van der Waals surface area contributed by atoms with Gasteiger partial charge >= 0.3 is 6.09 Å². The van der Waals surface area contributed by atoms with E-state index < -0.39 is 0 Å². The van der Waals surface area contributed by atoms with Gasteiger partial charge in [0, 0.05) is 17.9 Å². The van der Waals surface area contributed by atoms with Crippen LogP contribution in [0.15, 0.2) is 0 Å². The number of amides is 1. The van der Waals surface area contributed by atoms with Crippen LogP contribution in [-0.2, 0) is 9.53 Å². The molecule has 4 bridgehead atoms. The van der Waals surface area contributed by atoms with E-state index in [0.717, 1.165) is 74.2 Å². The van der Waals surface area contributed by atoms with Crippen molar-refractivity contribution in [2.45, 2.75) is 115 Å². The van der Waals surface area contributed by atoms with Crippen molar-refractivity contribution in [1.29, 1.82) is 0 Å². The zero-order valence-electron chi connectivity index (χ0n) is 22.0. The van der Waals surface area contributed by atoms with E-state index in [4.69, 9.17) is 4.74 Å². The van der Waals surface area contributed by atoms with Crippen LogP contribution >= 0.6 is 0 Å². The normalized spacial score (nSPS) is 58.3. The van der Waals surface area contributed by atoms with Crippen LogP contribution in [0.3, 0.4) is 0 Å². The lowest BCUT2D eigenvalue weighted by Gasteiger charge is -2.61. The second kappa shape index (κ2) is 7.07. The lowest BCUT2D eigenvalue weighted by Crippen LogP contribution is -2.58. The fourth-order valence-corrected chi connectivity index (χ4v) is 12.6. The lowest BCUT2D eigenvalue weighted by molar-refractivity contribution is -0.149. The molecule has 35 heavy (non-hydrogen) atoms. The summed E-state index contributed by atoms with van der Waals surface area (Å²) in [6, 6.07) is 0.467. The molecule has 0 radical (unpaired) electrons. The van der Waals surface area contributed by atoms with Gasteiger partial charge in [0.25, 0.3) is 0 Å². The topological polar surface area (TPSA) is 46.6 Å². The van der Waals surface area contributed by atoms with Crippen molar-refractivity contribution >= 4 is 11.9 Å². The number of hydrogen-bond donors (Lipinski definition) is 0. The summed E-state index contributed by atoms with van der Waals surface area (Å²) in [5, 5.41) is 0. The molecule has 9 fully saturated rings. The third-order valence-corrected chi connectivity index (χ3v) is 14.0. The first-order valence-electron chi connectivity index (χ1n) is 15.3. The maximum Gasteiger partial charge on any atom is 0.410 e. The van der Waals surface area contributed by atoms with Crippen molar-refractivity contribution in [2.24, 2.45) is 58.2 Å². The molecular formula is C31H45NO3. The van der Waals surface area contributed by atoms with E-state index in [1.165, 1.54) is 57.8 Å². The molecule has 4 nitrogen and oxygen atoms in total. The molecule has 4 heteroatoms. The number of hydrogen-bond acceptors (Lipinski definition) is 3. The highest BCUT2D eigenvalue weighted by atomic mass is 16.6. The molecule has 7 atom stereocenters. The summed E-state index contributed by atoms with van der Waals surface area (Å²) < 4.78 is 6.43. The Morgan fingerprint density at radius 1 is 0.829 bits per heavy atom. The first-order valence-corrected chi connectivity index (χ1v) is 15.3. The second-order valence-electron chi connectivity index (χ2n) is 15.4. The first-order chi connectivity index (χ1) is 16.8. The molecule has 1 saturated heterocycles. The van der Waals surface area contributed by atoms with Gasteiger partial charge in [0.1, 0.15) is 11.4 Å². The van der Waals surface area contributed by atoms with Crippen molar-refractivity contribution in [1.82, 2.24) is 4.90 Å². The van der Waals surface area contributed by atoms with Crippen molar-refractivity contribution in [3.63, 3.8) is 0 Å². The van der Waals surface area contributed by atoms with E-state index in [0.29, 0.717) is 29.1 Å². The highest BCUT2D eigenvalue weighted by Gasteiger charge is 2.64. The largest absolute Gasteiger partial charge is 0.441 e. The van der Waals surface area contributed by atoms with Gasteiger partial charge < -0.3 is 9.64 Å².